The molecule has 5 nitrogen and oxygen atoms in total. The Hall–Kier alpha value is -5.64. The van der Waals surface area contributed by atoms with Crippen LogP contribution in [-0.4, -0.2) is 15.1 Å². The van der Waals surface area contributed by atoms with Crippen molar-refractivity contribution >= 4 is 38.9 Å². The van der Waals surface area contributed by atoms with E-state index < -0.39 is 0 Å². The van der Waals surface area contributed by atoms with Crippen molar-refractivity contribution in [3.8, 4) is 17.3 Å². The van der Waals surface area contributed by atoms with Crippen LogP contribution in [0.25, 0.3) is 27.6 Å². The fourth-order valence-electron chi connectivity index (χ4n) is 9.54. The topological polar surface area (TPSA) is 33.5 Å². The first-order chi connectivity index (χ1) is 27.5. The van der Waals surface area contributed by atoms with Crippen LogP contribution in [0.1, 0.15) is 92.3 Å². The SMILES string of the molecule is CC(C)(C)c1ccnc(-n2c3[c-]c(Oc4[c-]c(N5[CH-]N(C(C)(C)C)c6ccccc65)c5c(c4)C4c6ccccc6C5c5ccccc54)ccc3c3ccccc32)c1.[Pt]. The number of fused-ring (bicyclic) bond motifs is 4. The Kier molecular flexibility index (Phi) is 8.34. The van der Waals surface area contributed by atoms with Crippen molar-refractivity contribution in [2.45, 2.75) is 64.3 Å². The zero-order valence-electron chi connectivity index (χ0n) is 33.4. The molecular formula is C52H43N4OPt-3. The molecule has 8 aromatic rings. The molecule has 0 N–H and O–H groups in total. The van der Waals surface area contributed by atoms with Gasteiger partial charge in [0.15, 0.2) is 0 Å². The van der Waals surface area contributed by atoms with Gasteiger partial charge in [0.05, 0.1) is 0 Å². The molecule has 0 unspecified atom stereocenters. The van der Waals surface area contributed by atoms with Crippen LogP contribution in [-0.2, 0) is 26.5 Å². The number of para-hydroxylation sites is 3. The van der Waals surface area contributed by atoms with E-state index >= 15 is 0 Å². The van der Waals surface area contributed by atoms with Gasteiger partial charge in [0.2, 0.25) is 0 Å². The minimum Gasteiger partial charge on any atom is -0.509 e. The Labute approximate surface area is 355 Å². The van der Waals surface area contributed by atoms with Crippen molar-refractivity contribution in [1.82, 2.24) is 9.55 Å². The number of hydrogen-bond donors (Lipinski definition) is 0. The molecule has 2 aromatic heterocycles. The van der Waals surface area contributed by atoms with Gasteiger partial charge in [-0.05, 0) is 95.6 Å². The maximum atomic E-state index is 6.98. The van der Waals surface area contributed by atoms with Gasteiger partial charge in [-0.1, -0.05) is 111 Å². The first-order valence-electron chi connectivity index (χ1n) is 20.0. The molecule has 6 heteroatoms. The quantitative estimate of drug-likeness (QED) is 0.165. The van der Waals surface area contributed by atoms with Gasteiger partial charge in [0.1, 0.15) is 5.82 Å². The Bertz CT molecular complexity index is 2880. The van der Waals surface area contributed by atoms with E-state index in [1.165, 1.54) is 44.6 Å². The van der Waals surface area contributed by atoms with Gasteiger partial charge in [-0.25, -0.2) is 4.98 Å². The molecule has 0 radical (unpaired) electrons. The summed E-state index contributed by atoms with van der Waals surface area (Å²) in [4.78, 5) is 9.62. The van der Waals surface area contributed by atoms with Crippen LogP contribution >= 0.6 is 0 Å². The molecule has 4 aliphatic rings. The van der Waals surface area contributed by atoms with Crippen LogP contribution in [0.3, 0.4) is 0 Å². The maximum Gasteiger partial charge on any atom is 0.135 e. The second-order valence-electron chi connectivity index (χ2n) is 17.7. The molecule has 6 aromatic carbocycles. The monoisotopic (exact) mass is 934 g/mol. The van der Waals surface area contributed by atoms with Crippen LogP contribution in [0.5, 0.6) is 11.5 Å². The second kappa shape index (κ2) is 13.2. The third-order valence-corrected chi connectivity index (χ3v) is 12.1. The van der Waals surface area contributed by atoms with Gasteiger partial charge in [-0.3, -0.25) is 0 Å². The summed E-state index contributed by atoms with van der Waals surface area (Å²) in [6.07, 6.45) is 1.92. The third kappa shape index (κ3) is 5.50. The number of nitrogens with zero attached hydrogens (tertiary/aromatic N) is 4. The standard InChI is InChI=1S/C52H43N4O.Pt/c1-51(2,3)32-25-26-53-47(27-32)56-42-20-12-11-15-35(42)36-24-23-33(29-45(36)56)57-34-28-41-48-37-16-7-9-18-39(37)49(40-19-10-8-17-38(40)48)50(41)46(30-34)54-31-55(52(4,5)6)44-22-14-13-21-43(44)54;/h7-28,31,48-49H,1-6H3;/q-3;. The molecule has 58 heavy (non-hydrogen) atoms. The summed E-state index contributed by atoms with van der Waals surface area (Å²) in [5.74, 6) is 2.29. The van der Waals surface area contributed by atoms with Gasteiger partial charge < -0.3 is 19.1 Å². The summed E-state index contributed by atoms with van der Waals surface area (Å²) < 4.78 is 9.21. The van der Waals surface area contributed by atoms with Crippen LogP contribution in [0, 0.1) is 18.8 Å². The van der Waals surface area contributed by atoms with Crippen LogP contribution in [0.4, 0.5) is 17.1 Å². The summed E-state index contributed by atoms with van der Waals surface area (Å²) in [7, 11) is 0. The average molecular weight is 935 g/mol. The predicted molar refractivity (Wildman–Crippen MR) is 231 cm³/mol. The fourth-order valence-corrected chi connectivity index (χ4v) is 9.54. The van der Waals surface area contributed by atoms with Crippen molar-refractivity contribution in [3.63, 3.8) is 0 Å². The molecule has 0 spiro atoms. The number of benzene rings is 6. The first-order valence-corrected chi connectivity index (χ1v) is 20.0. The zero-order valence-corrected chi connectivity index (χ0v) is 35.7. The Balaban J connectivity index is 0.00000408. The summed E-state index contributed by atoms with van der Waals surface area (Å²) in [6.45, 7) is 15.8. The number of ether oxygens (including phenoxy) is 1. The van der Waals surface area contributed by atoms with Crippen LogP contribution in [0.2, 0.25) is 0 Å². The van der Waals surface area contributed by atoms with Gasteiger partial charge in [-0.2, -0.15) is 12.7 Å². The van der Waals surface area contributed by atoms with Crippen LogP contribution < -0.4 is 14.5 Å². The van der Waals surface area contributed by atoms with Crippen LogP contribution in [0.15, 0.2) is 134 Å². The van der Waals surface area contributed by atoms with Crippen molar-refractivity contribution in [2.75, 3.05) is 9.80 Å². The Morgan fingerprint density at radius 3 is 1.95 bits per heavy atom. The van der Waals surface area contributed by atoms with E-state index in [2.05, 4.69) is 196 Å². The molecule has 2 bridgehead atoms. The molecule has 3 heterocycles. The third-order valence-electron chi connectivity index (χ3n) is 12.1. The number of rotatable bonds is 4. The summed E-state index contributed by atoms with van der Waals surface area (Å²) in [5, 5.41) is 2.26. The first kappa shape index (κ1) is 36.7. The molecule has 12 rings (SSSR count). The predicted octanol–water partition coefficient (Wildman–Crippen LogP) is 12.7. The number of anilines is 3. The minimum atomic E-state index is -0.138. The van der Waals surface area contributed by atoms with Gasteiger partial charge in [-0.15, -0.1) is 40.8 Å². The van der Waals surface area contributed by atoms with Crippen molar-refractivity contribution in [3.05, 3.63) is 191 Å². The zero-order chi connectivity index (χ0) is 38.8. The Morgan fingerprint density at radius 1 is 0.621 bits per heavy atom. The molecule has 0 atom stereocenters. The Morgan fingerprint density at radius 2 is 1.26 bits per heavy atom. The number of aromatic nitrogens is 2. The van der Waals surface area contributed by atoms with E-state index in [-0.39, 0.29) is 43.9 Å². The van der Waals surface area contributed by atoms with Crippen molar-refractivity contribution in [1.29, 1.82) is 0 Å². The van der Waals surface area contributed by atoms with Gasteiger partial charge in [0.25, 0.3) is 0 Å². The average Bonchev–Trinajstić information content (AvgIpc) is 3.77. The fraction of sp³-hybridized carbons (Fsp3) is 0.192. The maximum absolute atomic E-state index is 6.98. The van der Waals surface area contributed by atoms with E-state index in [1.54, 1.807) is 0 Å². The van der Waals surface area contributed by atoms with E-state index in [4.69, 9.17) is 9.72 Å². The van der Waals surface area contributed by atoms with E-state index in [0.717, 1.165) is 39.0 Å². The smallest absolute Gasteiger partial charge is 0.135 e. The number of hydrogen-bond acceptors (Lipinski definition) is 4. The summed E-state index contributed by atoms with van der Waals surface area (Å²) >= 11 is 0. The molecule has 0 saturated carbocycles. The molecular weight excluding hydrogens is 892 g/mol. The summed E-state index contributed by atoms with van der Waals surface area (Å²) in [6, 6.07) is 53.5. The molecule has 1 aliphatic heterocycles. The largest absolute Gasteiger partial charge is 0.509 e. The molecule has 290 valence electrons. The summed E-state index contributed by atoms with van der Waals surface area (Å²) in [5.41, 5.74) is 14.4. The van der Waals surface area contributed by atoms with E-state index in [1.807, 2.05) is 12.3 Å². The molecule has 0 saturated heterocycles. The van der Waals surface area contributed by atoms with Crippen molar-refractivity contribution < 1.29 is 25.8 Å². The minimum absolute atomic E-state index is 0. The normalized spacial score (nSPS) is 16.5. The van der Waals surface area contributed by atoms with E-state index in [0.29, 0.717) is 11.5 Å². The molecule has 0 amide bonds. The van der Waals surface area contributed by atoms with Crippen molar-refractivity contribution in [2.24, 2.45) is 0 Å². The van der Waals surface area contributed by atoms with Gasteiger partial charge in [0, 0.05) is 67.1 Å². The van der Waals surface area contributed by atoms with Gasteiger partial charge >= 0.3 is 0 Å². The van der Waals surface area contributed by atoms with E-state index in [9.17, 15) is 0 Å². The second-order valence-corrected chi connectivity index (χ2v) is 17.7. The molecule has 0 fully saturated rings. The number of pyridine rings is 1. The molecule has 3 aliphatic carbocycles.